The molecule has 1 unspecified atom stereocenters. The van der Waals surface area contributed by atoms with E-state index in [-0.39, 0.29) is 55.0 Å². The van der Waals surface area contributed by atoms with Gasteiger partial charge in [0, 0.05) is 31.6 Å². The maximum Gasteiger partial charge on any atom is 0.235 e. The van der Waals surface area contributed by atoms with E-state index in [9.17, 15) is 18.0 Å². The first-order chi connectivity index (χ1) is 10.7. The van der Waals surface area contributed by atoms with E-state index in [0.29, 0.717) is 13.1 Å². The van der Waals surface area contributed by atoms with Crippen LogP contribution in [0.15, 0.2) is 0 Å². The number of rotatable bonds is 8. The summed E-state index contributed by atoms with van der Waals surface area (Å²) in [7, 11) is -1.78. The Balaban J connectivity index is 0.00000529. The molecule has 0 saturated carbocycles. The van der Waals surface area contributed by atoms with Crippen molar-refractivity contribution in [1.82, 2.24) is 20.3 Å². The summed E-state index contributed by atoms with van der Waals surface area (Å²) in [6.45, 7) is 4.56. The number of halogens is 1. The molecule has 1 heterocycles. The number of nitrogens with zero attached hydrogens (tertiary/aromatic N) is 1. The maximum absolute atomic E-state index is 12.1. The van der Waals surface area contributed by atoms with Crippen molar-refractivity contribution in [3.63, 3.8) is 0 Å². The number of carbonyl (C=O) groups is 2. The van der Waals surface area contributed by atoms with Crippen molar-refractivity contribution in [3.8, 4) is 0 Å². The summed E-state index contributed by atoms with van der Waals surface area (Å²) in [5.41, 5.74) is 0. The van der Waals surface area contributed by atoms with Crippen molar-refractivity contribution in [2.45, 2.75) is 45.2 Å². The lowest BCUT2D eigenvalue weighted by atomic mass is 10.1. The predicted molar refractivity (Wildman–Crippen MR) is 95.6 cm³/mol. The van der Waals surface area contributed by atoms with Gasteiger partial charge in [0.25, 0.3) is 0 Å². The standard InChI is InChI=1S/C14H28N4O4S.ClH/c1-11(2)17-13(19)9-16-23(21,22)8-6-14(20)18-7-4-5-12(10-18)15-3;/h11-12,15-16H,4-10H2,1-3H3,(H,17,19);1H. The fraction of sp³-hybridized carbons (Fsp3) is 0.857. The molecule has 0 aromatic rings. The quantitative estimate of drug-likeness (QED) is 0.520. The maximum atomic E-state index is 12.1. The normalized spacial score (nSPS) is 18.2. The Kier molecular flexibility index (Phi) is 10.5. The van der Waals surface area contributed by atoms with Crippen LogP contribution < -0.4 is 15.4 Å². The number of piperidine rings is 1. The lowest BCUT2D eigenvalue weighted by molar-refractivity contribution is -0.132. The van der Waals surface area contributed by atoms with Gasteiger partial charge in [0.15, 0.2) is 0 Å². The van der Waals surface area contributed by atoms with Gasteiger partial charge >= 0.3 is 0 Å². The molecule has 0 spiro atoms. The molecule has 24 heavy (non-hydrogen) atoms. The molecule has 1 fully saturated rings. The van der Waals surface area contributed by atoms with Crippen LogP contribution in [-0.4, -0.2) is 69.7 Å². The highest BCUT2D eigenvalue weighted by Gasteiger charge is 2.24. The molecule has 0 aromatic heterocycles. The van der Waals surface area contributed by atoms with E-state index in [1.54, 1.807) is 18.7 Å². The lowest BCUT2D eigenvalue weighted by Crippen LogP contribution is -2.47. The molecule has 2 amide bonds. The smallest absolute Gasteiger partial charge is 0.235 e. The zero-order chi connectivity index (χ0) is 17.5. The van der Waals surface area contributed by atoms with E-state index >= 15 is 0 Å². The lowest BCUT2D eigenvalue weighted by Gasteiger charge is -2.32. The van der Waals surface area contributed by atoms with Gasteiger partial charge in [0.2, 0.25) is 21.8 Å². The number of nitrogens with one attached hydrogen (secondary N) is 3. The van der Waals surface area contributed by atoms with E-state index in [4.69, 9.17) is 0 Å². The zero-order valence-corrected chi connectivity index (χ0v) is 16.1. The molecule has 0 radical (unpaired) electrons. The Bertz CT molecular complexity index is 513. The van der Waals surface area contributed by atoms with Gasteiger partial charge in [-0.25, -0.2) is 13.1 Å². The number of hydrogen-bond donors (Lipinski definition) is 3. The highest BCUT2D eigenvalue weighted by atomic mass is 35.5. The van der Waals surface area contributed by atoms with Crippen molar-refractivity contribution in [3.05, 3.63) is 0 Å². The molecule has 1 atom stereocenters. The predicted octanol–water partition coefficient (Wildman–Crippen LogP) is -0.547. The Hall–Kier alpha value is -0.900. The Morgan fingerprint density at radius 1 is 1.29 bits per heavy atom. The Labute approximate surface area is 150 Å². The summed E-state index contributed by atoms with van der Waals surface area (Å²) < 4.78 is 25.9. The number of carbonyl (C=O) groups excluding carboxylic acids is 2. The summed E-state index contributed by atoms with van der Waals surface area (Å²) in [5, 5.41) is 5.74. The zero-order valence-electron chi connectivity index (χ0n) is 14.5. The summed E-state index contributed by atoms with van der Waals surface area (Å²) in [6.07, 6.45) is 1.86. The van der Waals surface area contributed by atoms with E-state index < -0.39 is 10.0 Å². The molecular weight excluding hydrogens is 356 g/mol. The number of hydrogen-bond acceptors (Lipinski definition) is 5. The molecule has 8 nitrogen and oxygen atoms in total. The van der Waals surface area contributed by atoms with Crippen molar-refractivity contribution in [1.29, 1.82) is 0 Å². The van der Waals surface area contributed by atoms with Crippen molar-refractivity contribution >= 4 is 34.2 Å². The van der Waals surface area contributed by atoms with Crippen LogP contribution in [0.3, 0.4) is 0 Å². The van der Waals surface area contributed by atoms with Crippen LogP contribution in [-0.2, 0) is 19.6 Å². The minimum atomic E-state index is -3.64. The highest BCUT2D eigenvalue weighted by Crippen LogP contribution is 2.11. The number of sulfonamides is 1. The average molecular weight is 385 g/mol. The molecule has 10 heteroatoms. The molecule has 0 bridgehead atoms. The minimum Gasteiger partial charge on any atom is -0.353 e. The summed E-state index contributed by atoms with van der Waals surface area (Å²) in [5.74, 6) is -0.855. The molecule has 0 aliphatic carbocycles. The van der Waals surface area contributed by atoms with Gasteiger partial charge in [-0.3, -0.25) is 9.59 Å². The third-order valence-electron chi connectivity index (χ3n) is 3.67. The van der Waals surface area contributed by atoms with Gasteiger partial charge in [-0.15, -0.1) is 12.4 Å². The Morgan fingerprint density at radius 3 is 2.54 bits per heavy atom. The van der Waals surface area contributed by atoms with Crippen molar-refractivity contribution in [2.24, 2.45) is 0 Å². The van der Waals surface area contributed by atoms with Crippen LogP contribution in [0.5, 0.6) is 0 Å². The van der Waals surface area contributed by atoms with Gasteiger partial charge in [-0.05, 0) is 33.7 Å². The summed E-state index contributed by atoms with van der Waals surface area (Å²) >= 11 is 0. The molecule has 142 valence electrons. The molecular formula is C14H29ClN4O4S. The van der Waals surface area contributed by atoms with Gasteiger partial charge in [-0.2, -0.15) is 0 Å². The van der Waals surface area contributed by atoms with Gasteiger partial charge in [0.05, 0.1) is 12.3 Å². The van der Waals surface area contributed by atoms with Crippen LogP contribution in [0.4, 0.5) is 0 Å². The molecule has 0 aromatic carbocycles. The average Bonchev–Trinajstić information content (AvgIpc) is 2.50. The largest absolute Gasteiger partial charge is 0.353 e. The van der Waals surface area contributed by atoms with Crippen molar-refractivity contribution in [2.75, 3.05) is 32.4 Å². The van der Waals surface area contributed by atoms with Crippen LogP contribution in [0.1, 0.15) is 33.1 Å². The first kappa shape index (κ1) is 23.1. The van der Waals surface area contributed by atoms with Gasteiger partial charge < -0.3 is 15.5 Å². The number of likely N-dealkylation sites (tertiary alicyclic amines) is 1. The molecule has 1 aliphatic rings. The van der Waals surface area contributed by atoms with Crippen molar-refractivity contribution < 1.29 is 18.0 Å². The van der Waals surface area contributed by atoms with Gasteiger partial charge in [0.1, 0.15) is 0 Å². The third kappa shape index (κ3) is 8.81. The molecule has 3 N–H and O–H groups in total. The second-order valence-electron chi connectivity index (χ2n) is 6.08. The highest BCUT2D eigenvalue weighted by molar-refractivity contribution is 7.89. The first-order valence-electron chi connectivity index (χ1n) is 7.95. The van der Waals surface area contributed by atoms with E-state index in [0.717, 1.165) is 12.8 Å². The van der Waals surface area contributed by atoms with E-state index in [1.807, 2.05) is 7.05 Å². The minimum absolute atomic E-state index is 0. The van der Waals surface area contributed by atoms with Crippen LogP contribution in [0, 0.1) is 0 Å². The monoisotopic (exact) mass is 384 g/mol. The van der Waals surface area contributed by atoms with Gasteiger partial charge in [-0.1, -0.05) is 0 Å². The molecule has 1 saturated heterocycles. The van der Waals surface area contributed by atoms with Crippen LogP contribution in [0.2, 0.25) is 0 Å². The van der Waals surface area contributed by atoms with E-state index in [1.165, 1.54) is 0 Å². The van der Waals surface area contributed by atoms with E-state index in [2.05, 4.69) is 15.4 Å². The number of likely N-dealkylation sites (N-methyl/N-ethyl adjacent to an activating group) is 1. The summed E-state index contributed by atoms with van der Waals surface area (Å²) in [6, 6.07) is 0.218. The fourth-order valence-corrected chi connectivity index (χ4v) is 3.38. The summed E-state index contributed by atoms with van der Waals surface area (Å²) in [4.78, 5) is 25.3. The SMILES string of the molecule is CNC1CCCN(C(=O)CCS(=O)(=O)NCC(=O)NC(C)C)C1.Cl. The second kappa shape index (κ2) is 10.9. The van der Waals surface area contributed by atoms with Crippen LogP contribution in [0.25, 0.3) is 0 Å². The first-order valence-corrected chi connectivity index (χ1v) is 9.60. The topological polar surface area (TPSA) is 108 Å². The second-order valence-corrected chi connectivity index (χ2v) is 8.01. The molecule has 1 aliphatic heterocycles. The Morgan fingerprint density at radius 2 is 1.96 bits per heavy atom. The number of amides is 2. The molecule has 1 rings (SSSR count). The third-order valence-corrected chi connectivity index (χ3v) is 5.00. The fourth-order valence-electron chi connectivity index (χ4n) is 2.44. The van der Waals surface area contributed by atoms with Crippen LogP contribution >= 0.6 is 12.4 Å².